The van der Waals surface area contributed by atoms with Crippen LogP contribution in [-0.4, -0.2) is 49.9 Å². The van der Waals surface area contributed by atoms with Crippen LogP contribution < -0.4 is 4.72 Å². The molecule has 0 spiro atoms. The van der Waals surface area contributed by atoms with Gasteiger partial charge < -0.3 is 10.0 Å². The van der Waals surface area contributed by atoms with Crippen molar-refractivity contribution in [1.82, 2.24) is 9.62 Å². The summed E-state index contributed by atoms with van der Waals surface area (Å²) in [6, 6.07) is 5.56. The second-order valence-corrected chi connectivity index (χ2v) is 7.72. The molecule has 1 rings (SSSR count). The van der Waals surface area contributed by atoms with Crippen LogP contribution in [0.1, 0.15) is 30.6 Å². The highest BCUT2D eigenvalue weighted by molar-refractivity contribution is 7.89. The first kappa shape index (κ1) is 20.9. The van der Waals surface area contributed by atoms with Gasteiger partial charge in [0.1, 0.15) is 0 Å². The Morgan fingerprint density at radius 2 is 1.88 bits per heavy atom. The molecule has 0 aliphatic rings. The van der Waals surface area contributed by atoms with E-state index in [-0.39, 0.29) is 36.2 Å². The van der Waals surface area contributed by atoms with E-state index >= 15 is 0 Å². The van der Waals surface area contributed by atoms with Crippen LogP contribution in [-0.2, 0) is 14.8 Å². The highest BCUT2D eigenvalue weighted by Gasteiger charge is 2.19. The van der Waals surface area contributed by atoms with Crippen molar-refractivity contribution < 1.29 is 23.1 Å². The Morgan fingerprint density at radius 1 is 1.28 bits per heavy atom. The van der Waals surface area contributed by atoms with Gasteiger partial charge in [0.15, 0.2) is 0 Å². The molecule has 0 aromatic heterocycles. The minimum absolute atomic E-state index is 0.0480. The molecule has 0 bridgehead atoms. The molecular formula is C17H24N2O5S. The molecule has 0 aliphatic carbocycles. The lowest BCUT2D eigenvalue weighted by Crippen LogP contribution is -2.36. The molecule has 0 radical (unpaired) electrons. The molecule has 0 aliphatic heterocycles. The largest absolute Gasteiger partial charge is 0.481 e. The smallest absolute Gasteiger partial charge is 0.305 e. The van der Waals surface area contributed by atoms with Gasteiger partial charge in [0.25, 0.3) is 5.91 Å². The standard InChI is InChI=1S/C17H24N2O5S/c1-4-10-18-25(23,24)15-7-5-14(6-8-15)17(22)19(12-13(2)3)11-9-16(20)21/h4-8,13,18H,1,9-12H2,2-3H3,(H,20,21). The molecule has 0 atom stereocenters. The predicted molar refractivity (Wildman–Crippen MR) is 94.8 cm³/mol. The molecule has 0 fully saturated rings. The predicted octanol–water partition coefficient (Wildman–Crippen LogP) is 1.72. The Bertz CT molecular complexity index is 711. The van der Waals surface area contributed by atoms with Gasteiger partial charge in [-0.2, -0.15) is 0 Å². The second-order valence-electron chi connectivity index (χ2n) is 5.95. The Hall–Kier alpha value is -2.19. The monoisotopic (exact) mass is 368 g/mol. The molecule has 1 aromatic rings. The number of hydrogen-bond acceptors (Lipinski definition) is 4. The summed E-state index contributed by atoms with van der Waals surface area (Å²) in [4.78, 5) is 24.9. The zero-order chi connectivity index (χ0) is 19.0. The summed E-state index contributed by atoms with van der Waals surface area (Å²) in [5.41, 5.74) is 0.314. The molecular weight excluding hydrogens is 344 g/mol. The minimum Gasteiger partial charge on any atom is -0.481 e. The van der Waals surface area contributed by atoms with Gasteiger partial charge in [-0.25, -0.2) is 13.1 Å². The first-order chi connectivity index (χ1) is 11.7. The summed E-state index contributed by atoms with van der Waals surface area (Å²) < 4.78 is 26.4. The number of sulfonamides is 1. The average Bonchev–Trinajstić information content (AvgIpc) is 2.56. The fraction of sp³-hybridized carbons (Fsp3) is 0.412. The molecule has 1 aromatic carbocycles. The lowest BCUT2D eigenvalue weighted by molar-refractivity contribution is -0.137. The number of carbonyl (C=O) groups excluding carboxylic acids is 1. The van der Waals surface area contributed by atoms with Crippen LogP contribution in [0.4, 0.5) is 0 Å². The summed E-state index contributed by atoms with van der Waals surface area (Å²) in [6.07, 6.45) is 1.29. The van der Waals surface area contributed by atoms with E-state index in [4.69, 9.17) is 5.11 Å². The molecule has 0 unspecified atom stereocenters. The molecule has 0 saturated heterocycles. The number of carboxylic acid groups (broad SMARTS) is 1. The molecule has 138 valence electrons. The van der Waals surface area contributed by atoms with E-state index in [0.29, 0.717) is 12.1 Å². The number of carboxylic acids is 1. The zero-order valence-corrected chi connectivity index (χ0v) is 15.3. The van der Waals surface area contributed by atoms with E-state index < -0.39 is 16.0 Å². The van der Waals surface area contributed by atoms with Gasteiger partial charge >= 0.3 is 5.97 Å². The Labute approximate surface area is 148 Å². The van der Waals surface area contributed by atoms with Gasteiger partial charge in [0.05, 0.1) is 11.3 Å². The van der Waals surface area contributed by atoms with Crippen molar-refractivity contribution >= 4 is 21.9 Å². The van der Waals surface area contributed by atoms with Crippen LogP contribution in [0, 0.1) is 5.92 Å². The number of carbonyl (C=O) groups is 2. The third-order valence-corrected chi connectivity index (χ3v) is 4.74. The van der Waals surface area contributed by atoms with E-state index in [0.717, 1.165) is 0 Å². The SMILES string of the molecule is C=CCNS(=O)(=O)c1ccc(C(=O)N(CCC(=O)O)CC(C)C)cc1. The van der Waals surface area contributed by atoms with E-state index in [1.165, 1.54) is 35.2 Å². The number of rotatable bonds is 10. The van der Waals surface area contributed by atoms with Crippen molar-refractivity contribution in [3.05, 3.63) is 42.5 Å². The van der Waals surface area contributed by atoms with E-state index in [9.17, 15) is 18.0 Å². The highest BCUT2D eigenvalue weighted by Crippen LogP contribution is 2.13. The topological polar surface area (TPSA) is 104 Å². The second kappa shape index (κ2) is 9.33. The third-order valence-electron chi connectivity index (χ3n) is 3.30. The first-order valence-corrected chi connectivity index (χ1v) is 9.37. The zero-order valence-electron chi connectivity index (χ0n) is 14.4. The van der Waals surface area contributed by atoms with Crippen LogP contribution in [0.15, 0.2) is 41.8 Å². The van der Waals surface area contributed by atoms with Gasteiger partial charge in [0.2, 0.25) is 10.0 Å². The quantitative estimate of drug-likeness (QED) is 0.612. The Balaban J connectivity index is 2.95. The maximum absolute atomic E-state index is 12.6. The summed E-state index contributed by atoms with van der Waals surface area (Å²) in [7, 11) is -3.65. The molecule has 25 heavy (non-hydrogen) atoms. The van der Waals surface area contributed by atoms with Crippen LogP contribution in [0.3, 0.4) is 0 Å². The minimum atomic E-state index is -3.65. The van der Waals surface area contributed by atoms with Crippen molar-refractivity contribution in [3.8, 4) is 0 Å². The number of hydrogen-bond donors (Lipinski definition) is 2. The summed E-state index contributed by atoms with van der Waals surface area (Å²) >= 11 is 0. The number of benzene rings is 1. The van der Waals surface area contributed by atoms with Crippen molar-refractivity contribution in [2.24, 2.45) is 5.92 Å². The van der Waals surface area contributed by atoms with Gasteiger partial charge in [-0.15, -0.1) is 6.58 Å². The summed E-state index contributed by atoms with van der Waals surface area (Å²) in [5.74, 6) is -1.12. The van der Waals surface area contributed by atoms with E-state index in [1.54, 1.807) is 0 Å². The van der Waals surface area contributed by atoms with Crippen molar-refractivity contribution in [1.29, 1.82) is 0 Å². The third kappa shape index (κ3) is 6.67. The van der Waals surface area contributed by atoms with Crippen LogP contribution >= 0.6 is 0 Å². The number of amides is 1. The molecule has 7 nitrogen and oxygen atoms in total. The molecule has 1 amide bonds. The first-order valence-electron chi connectivity index (χ1n) is 7.89. The number of nitrogens with one attached hydrogen (secondary N) is 1. The fourth-order valence-corrected chi connectivity index (χ4v) is 3.16. The molecule has 8 heteroatoms. The average molecular weight is 368 g/mol. The molecule has 0 saturated carbocycles. The molecule has 0 heterocycles. The Kier molecular flexibility index (Phi) is 7.79. The van der Waals surface area contributed by atoms with Crippen molar-refractivity contribution in [3.63, 3.8) is 0 Å². The normalized spacial score (nSPS) is 11.3. The van der Waals surface area contributed by atoms with E-state index in [2.05, 4.69) is 11.3 Å². The van der Waals surface area contributed by atoms with Crippen LogP contribution in [0.2, 0.25) is 0 Å². The van der Waals surface area contributed by atoms with Crippen molar-refractivity contribution in [2.75, 3.05) is 19.6 Å². The van der Waals surface area contributed by atoms with Crippen LogP contribution in [0.25, 0.3) is 0 Å². The lowest BCUT2D eigenvalue weighted by Gasteiger charge is -2.24. The summed E-state index contributed by atoms with van der Waals surface area (Å²) in [6.45, 7) is 7.95. The molecule has 2 N–H and O–H groups in total. The van der Waals surface area contributed by atoms with Gasteiger partial charge in [-0.3, -0.25) is 9.59 Å². The number of nitrogens with zero attached hydrogens (tertiary/aromatic N) is 1. The fourth-order valence-electron chi connectivity index (χ4n) is 2.16. The lowest BCUT2D eigenvalue weighted by atomic mass is 10.1. The van der Waals surface area contributed by atoms with Crippen LogP contribution in [0.5, 0.6) is 0 Å². The van der Waals surface area contributed by atoms with Crippen molar-refractivity contribution in [2.45, 2.75) is 25.2 Å². The highest BCUT2D eigenvalue weighted by atomic mass is 32.2. The van der Waals surface area contributed by atoms with E-state index in [1.807, 2.05) is 13.8 Å². The summed E-state index contributed by atoms with van der Waals surface area (Å²) in [5, 5.41) is 8.83. The van der Waals surface area contributed by atoms with Gasteiger partial charge in [-0.1, -0.05) is 19.9 Å². The Morgan fingerprint density at radius 3 is 2.36 bits per heavy atom. The maximum Gasteiger partial charge on any atom is 0.305 e. The van der Waals surface area contributed by atoms with Gasteiger partial charge in [0, 0.05) is 25.2 Å². The maximum atomic E-state index is 12.6. The number of aliphatic carboxylic acids is 1. The van der Waals surface area contributed by atoms with Gasteiger partial charge in [-0.05, 0) is 30.2 Å².